The molecule has 6 heteroatoms. The van der Waals surface area contributed by atoms with E-state index in [0.717, 1.165) is 0 Å². The summed E-state index contributed by atoms with van der Waals surface area (Å²) in [4.78, 5) is 13.6. The number of benzene rings is 4. The number of ether oxygens (including phenoxy) is 1. The third-order valence-corrected chi connectivity index (χ3v) is 8.18. The normalized spacial score (nSPS) is 15.4. The monoisotopic (exact) mass is 492 g/mol. The molecule has 0 fully saturated rings. The van der Waals surface area contributed by atoms with Gasteiger partial charge < -0.3 is 9.15 Å². The molecule has 36 heavy (non-hydrogen) atoms. The molecule has 1 atom stereocenters. The van der Waals surface area contributed by atoms with E-state index in [0.29, 0.717) is 27.8 Å². The molecular weight excluding hydrogens is 472 g/mol. The lowest BCUT2D eigenvalue weighted by atomic mass is 9.87. The Kier molecular flexibility index (Phi) is 5.31. The van der Waals surface area contributed by atoms with Crippen molar-refractivity contribution in [2.45, 2.75) is 10.8 Å². The molecule has 0 spiro atoms. The van der Waals surface area contributed by atoms with Gasteiger partial charge in [-0.15, -0.1) is 0 Å². The fourth-order valence-corrected chi connectivity index (χ4v) is 6.40. The number of para-hydroxylation sites is 1. The molecule has 2 heterocycles. The molecule has 0 bridgehead atoms. The minimum absolute atomic E-state index is 0.00109. The van der Waals surface area contributed by atoms with Crippen LogP contribution in [0.1, 0.15) is 22.6 Å². The third kappa shape index (κ3) is 3.54. The fourth-order valence-electron chi connectivity index (χ4n) is 4.67. The SMILES string of the molecule is O=c1oc2ccccc2c2c1C(c1ccccc1)C(S(=O)(=O)c1ccccc1)=C(c1ccccc1)O2. The predicted molar refractivity (Wildman–Crippen MR) is 138 cm³/mol. The highest BCUT2D eigenvalue weighted by molar-refractivity contribution is 7.95. The van der Waals surface area contributed by atoms with Crippen molar-refractivity contribution in [1.82, 2.24) is 0 Å². The Morgan fingerprint density at radius 3 is 1.94 bits per heavy atom. The van der Waals surface area contributed by atoms with E-state index in [2.05, 4.69) is 0 Å². The van der Waals surface area contributed by atoms with E-state index < -0.39 is 21.4 Å². The topological polar surface area (TPSA) is 73.6 Å². The number of hydrogen-bond donors (Lipinski definition) is 0. The second-order valence-electron chi connectivity index (χ2n) is 8.45. The smallest absolute Gasteiger partial charge is 0.344 e. The van der Waals surface area contributed by atoms with E-state index in [-0.39, 0.29) is 21.1 Å². The second kappa shape index (κ2) is 8.66. The van der Waals surface area contributed by atoms with Crippen LogP contribution in [0.15, 0.2) is 134 Å². The van der Waals surface area contributed by atoms with Crippen LogP contribution in [-0.4, -0.2) is 8.42 Å². The highest BCUT2D eigenvalue weighted by Gasteiger charge is 2.42. The van der Waals surface area contributed by atoms with Gasteiger partial charge >= 0.3 is 5.63 Å². The first-order valence-electron chi connectivity index (χ1n) is 11.4. The van der Waals surface area contributed by atoms with Gasteiger partial charge in [-0.1, -0.05) is 91.0 Å². The number of sulfone groups is 1. The minimum Gasteiger partial charge on any atom is -0.454 e. The maximum atomic E-state index is 14.3. The Morgan fingerprint density at radius 2 is 1.25 bits per heavy atom. The van der Waals surface area contributed by atoms with Crippen LogP contribution in [0.5, 0.6) is 5.75 Å². The largest absolute Gasteiger partial charge is 0.454 e. The van der Waals surface area contributed by atoms with Crippen molar-refractivity contribution in [2.24, 2.45) is 0 Å². The van der Waals surface area contributed by atoms with Crippen LogP contribution in [0.25, 0.3) is 16.7 Å². The summed E-state index contributed by atoms with van der Waals surface area (Å²) in [5, 5.41) is 0.595. The van der Waals surface area contributed by atoms with Gasteiger partial charge in [0.25, 0.3) is 0 Å². The maximum Gasteiger partial charge on any atom is 0.344 e. The van der Waals surface area contributed by atoms with Gasteiger partial charge in [-0.25, -0.2) is 13.2 Å². The van der Waals surface area contributed by atoms with Crippen LogP contribution >= 0.6 is 0 Å². The fraction of sp³-hybridized carbons (Fsp3) is 0.0333. The van der Waals surface area contributed by atoms with Gasteiger partial charge in [-0.3, -0.25) is 0 Å². The molecule has 0 radical (unpaired) electrons. The van der Waals surface area contributed by atoms with Crippen LogP contribution in [0.2, 0.25) is 0 Å². The van der Waals surface area contributed by atoms with Gasteiger partial charge in [-0.05, 0) is 29.8 Å². The summed E-state index contributed by atoms with van der Waals surface area (Å²) in [6.45, 7) is 0. The lowest BCUT2D eigenvalue weighted by molar-refractivity contribution is 0.467. The van der Waals surface area contributed by atoms with E-state index in [9.17, 15) is 13.2 Å². The number of allylic oxidation sites excluding steroid dienone is 1. The van der Waals surface area contributed by atoms with E-state index in [1.54, 1.807) is 60.7 Å². The van der Waals surface area contributed by atoms with Crippen molar-refractivity contribution in [3.63, 3.8) is 0 Å². The summed E-state index contributed by atoms with van der Waals surface area (Å²) in [5.74, 6) is -0.436. The van der Waals surface area contributed by atoms with Crippen LogP contribution < -0.4 is 10.4 Å². The van der Waals surface area contributed by atoms with Crippen molar-refractivity contribution in [3.8, 4) is 5.75 Å². The second-order valence-corrected chi connectivity index (χ2v) is 10.4. The first-order chi connectivity index (χ1) is 17.6. The molecule has 4 aromatic carbocycles. The summed E-state index contributed by atoms with van der Waals surface area (Å²) < 4.78 is 40.6. The van der Waals surface area contributed by atoms with Gasteiger partial charge in [0.15, 0.2) is 5.76 Å². The van der Waals surface area contributed by atoms with Crippen molar-refractivity contribution in [3.05, 3.63) is 147 Å². The van der Waals surface area contributed by atoms with E-state index in [1.807, 2.05) is 54.6 Å². The van der Waals surface area contributed by atoms with Crippen molar-refractivity contribution >= 4 is 26.6 Å². The van der Waals surface area contributed by atoms with Crippen LogP contribution in [0, 0.1) is 0 Å². The molecule has 1 aliphatic rings. The highest BCUT2D eigenvalue weighted by atomic mass is 32.2. The molecule has 0 saturated carbocycles. The van der Waals surface area contributed by atoms with Crippen molar-refractivity contribution in [2.75, 3.05) is 0 Å². The quantitative estimate of drug-likeness (QED) is 0.281. The molecule has 1 unspecified atom stereocenters. The predicted octanol–water partition coefficient (Wildman–Crippen LogP) is 6.16. The van der Waals surface area contributed by atoms with Crippen molar-refractivity contribution in [1.29, 1.82) is 0 Å². The Morgan fingerprint density at radius 1 is 0.667 bits per heavy atom. The minimum atomic E-state index is -4.10. The van der Waals surface area contributed by atoms with Crippen LogP contribution in [0.4, 0.5) is 0 Å². The van der Waals surface area contributed by atoms with Crippen LogP contribution in [-0.2, 0) is 9.84 Å². The third-order valence-electron chi connectivity index (χ3n) is 6.29. The molecular formula is C30H20O5S. The average molecular weight is 493 g/mol. The summed E-state index contributed by atoms with van der Waals surface area (Å²) >= 11 is 0. The highest BCUT2D eigenvalue weighted by Crippen LogP contribution is 2.49. The zero-order chi connectivity index (χ0) is 24.7. The van der Waals surface area contributed by atoms with Gasteiger partial charge in [0.05, 0.1) is 21.8 Å². The first-order valence-corrected chi connectivity index (χ1v) is 12.9. The summed E-state index contributed by atoms with van der Waals surface area (Å²) in [5.41, 5.74) is 1.14. The average Bonchev–Trinajstić information content (AvgIpc) is 2.93. The van der Waals surface area contributed by atoms with E-state index in [4.69, 9.17) is 9.15 Å². The molecule has 0 saturated heterocycles. The van der Waals surface area contributed by atoms with Gasteiger partial charge in [0.1, 0.15) is 16.2 Å². The number of fused-ring (bicyclic) bond motifs is 3. The van der Waals surface area contributed by atoms with Gasteiger partial charge in [0.2, 0.25) is 9.84 Å². The first kappa shape index (κ1) is 22.1. The molecule has 5 nitrogen and oxygen atoms in total. The van der Waals surface area contributed by atoms with E-state index in [1.165, 1.54) is 0 Å². The lowest BCUT2D eigenvalue weighted by Crippen LogP contribution is -2.27. The van der Waals surface area contributed by atoms with Gasteiger partial charge in [0, 0.05) is 5.56 Å². The summed E-state index contributed by atoms with van der Waals surface area (Å²) in [7, 11) is -4.10. The zero-order valence-corrected chi connectivity index (χ0v) is 19.8. The summed E-state index contributed by atoms with van der Waals surface area (Å²) in [6, 6.07) is 33.5. The Labute approximate surface area is 207 Å². The zero-order valence-electron chi connectivity index (χ0n) is 19.0. The van der Waals surface area contributed by atoms with E-state index >= 15 is 0 Å². The summed E-state index contributed by atoms with van der Waals surface area (Å²) in [6.07, 6.45) is 0. The molecule has 1 aromatic heterocycles. The molecule has 0 N–H and O–H groups in total. The molecule has 0 aliphatic carbocycles. The Hall–Kier alpha value is -4.42. The Bertz CT molecular complexity index is 1770. The molecule has 0 amide bonds. The van der Waals surface area contributed by atoms with Gasteiger partial charge in [-0.2, -0.15) is 0 Å². The molecule has 1 aliphatic heterocycles. The molecule has 5 aromatic rings. The molecule has 176 valence electrons. The number of hydrogen-bond acceptors (Lipinski definition) is 5. The lowest BCUT2D eigenvalue weighted by Gasteiger charge is -2.30. The molecule has 6 rings (SSSR count). The Balaban J connectivity index is 1.77. The maximum absolute atomic E-state index is 14.3. The standard InChI is InChI=1S/C30H20O5S/c31-30-26-25(20-12-4-1-5-13-20)29(36(32,33)22-16-8-3-9-17-22)27(21-14-6-2-7-15-21)35-28(26)23-18-10-11-19-24(23)34-30/h1-19,25H. The number of rotatable bonds is 4. The van der Waals surface area contributed by atoms with Crippen molar-refractivity contribution < 1.29 is 17.6 Å². The van der Waals surface area contributed by atoms with Crippen LogP contribution in [0.3, 0.4) is 0 Å².